The van der Waals surface area contributed by atoms with Crippen molar-refractivity contribution >= 4 is 5.78 Å². The van der Waals surface area contributed by atoms with Gasteiger partial charge in [0.25, 0.3) is 5.79 Å². The summed E-state index contributed by atoms with van der Waals surface area (Å²) < 4.78 is 4.57. The van der Waals surface area contributed by atoms with Crippen LogP contribution in [0.15, 0.2) is 0 Å². The quantitative estimate of drug-likeness (QED) is 0.362. The van der Waals surface area contributed by atoms with Crippen molar-refractivity contribution in [2.45, 2.75) is 31.0 Å². The van der Waals surface area contributed by atoms with Crippen LogP contribution in [0.5, 0.6) is 0 Å². The number of hydrogen-bond acceptors (Lipinski definition) is 6. The van der Waals surface area contributed by atoms with E-state index >= 15 is 0 Å². The highest BCUT2D eigenvalue weighted by Crippen LogP contribution is 2.24. The van der Waals surface area contributed by atoms with Gasteiger partial charge in [-0.25, -0.2) is 0 Å². The first-order chi connectivity index (χ1) is 5.89. The fourth-order valence-corrected chi connectivity index (χ4v) is 1.15. The molecule has 13 heavy (non-hydrogen) atoms. The molecule has 0 aromatic rings. The molecule has 0 aliphatic carbocycles. The van der Waals surface area contributed by atoms with Gasteiger partial charge in [0.2, 0.25) is 0 Å². The zero-order valence-corrected chi connectivity index (χ0v) is 7.04. The second-order valence-corrected chi connectivity index (χ2v) is 3.07. The van der Waals surface area contributed by atoms with Gasteiger partial charge >= 0.3 is 0 Å². The lowest BCUT2D eigenvalue weighted by Gasteiger charge is -2.39. The third-order valence-corrected chi connectivity index (χ3v) is 2.10. The summed E-state index contributed by atoms with van der Waals surface area (Å²) in [5.41, 5.74) is 0. The van der Waals surface area contributed by atoms with E-state index in [-0.39, 0.29) is 0 Å². The molecule has 4 N–H and O–H groups in total. The first-order valence-electron chi connectivity index (χ1n) is 3.81. The number of hydrogen-bond donors (Lipinski definition) is 4. The highest BCUT2D eigenvalue weighted by molar-refractivity contribution is 5.84. The summed E-state index contributed by atoms with van der Waals surface area (Å²) in [6, 6.07) is 0. The van der Waals surface area contributed by atoms with Gasteiger partial charge in [0.1, 0.15) is 18.3 Å². The van der Waals surface area contributed by atoms with E-state index in [9.17, 15) is 15.0 Å². The zero-order chi connectivity index (χ0) is 10.2. The van der Waals surface area contributed by atoms with E-state index in [0.29, 0.717) is 0 Å². The molecule has 76 valence electrons. The maximum atomic E-state index is 10.9. The Labute approximate surface area is 74.4 Å². The topological polar surface area (TPSA) is 107 Å². The number of carbonyl (C=O) groups is 1. The lowest BCUT2D eigenvalue weighted by Crippen LogP contribution is -2.63. The molecule has 1 saturated heterocycles. The van der Waals surface area contributed by atoms with Crippen LogP contribution in [0, 0.1) is 0 Å². The number of Topliss-reactive ketones (excluding diaryl/α,β-unsaturated/α-hetero) is 1. The van der Waals surface area contributed by atoms with E-state index < -0.39 is 36.5 Å². The van der Waals surface area contributed by atoms with Crippen LogP contribution in [0.2, 0.25) is 0 Å². The minimum atomic E-state index is -2.40. The minimum Gasteiger partial charge on any atom is -0.388 e. The first-order valence-corrected chi connectivity index (χ1v) is 3.81. The Morgan fingerprint density at radius 1 is 1.46 bits per heavy atom. The molecule has 4 atom stereocenters. The van der Waals surface area contributed by atoms with Crippen LogP contribution in [0.1, 0.15) is 6.92 Å². The van der Waals surface area contributed by atoms with Crippen molar-refractivity contribution in [3.63, 3.8) is 0 Å². The molecule has 0 amide bonds. The van der Waals surface area contributed by atoms with E-state index in [2.05, 4.69) is 4.74 Å². The predicted octanol–water partition coefficient (Wildman–Crippen LogP) is -2.62. The van der Waals surface area contributed by atoms with Gasteiger partial charge in [-0.15, -0.1) is 0 Å². The summed E-state index contributed by atoms with van der Waals surface area (Å²) >= 11 is 0. The Balaban J connectivity index is 2.85. The summed E-state index contributed by atoms with van der Waals surface area (Å²) in [6.45, 7) is 0.627. The smallest absolute Gasteiger partial charge is 0.255 e. The van der Waals surface area contributed by atoms with Crippen LogP contribution in [0.4, 0.5) is 0 Å². The Kier molecular flexibility index (Phi) is 2.69. The molecule has 1 aliphatic rings. The normalized spacial score (nSPS) is 46.1. The number of aliphatic hydroxyl groups excluding tert-OH is 3. The molecule has 6 nitrogen and oxygen atoms in total. The highest BCUT2D eigenvalue weighted by atomic mass is 16.7. The third-order valence-electron chi connectivity index (χ3n) is 2.10. The molecule has 0 aromatic carbocycles. The third kappa shape index (κ3) is 1.59. The molecule has 0 bridgehead atoms. The van der Waals surface area contributed by atoms with Crippen LogP contribution in [-0.4, -0.2) is 56.9 Å². The number of rotatable bonds is 1. The molecular formula is C7H12O6. The first kappa shape index (κ1) is 10.6. The minimum absolute atomic E-state index is 0.395. The monoisotopic (exact) mass is 192 g/mol. The molecule has 0 aromatic heterocycles. The van der Waals surface area contributed by atoms with E-state index in [1.165, 1.54) is 0 Å². The van der Waals surface area contributed by atoms with E-state index in [1.807, 2.05) is 0 Å². The molecule has 6 heteroatoms. The maximum absolute atomic E-state index is 10.9. The SMILES string of the molecule is CC(=O)C1(O)OC[C@@H](O)[C@H](O)[C@H]1O. The van der Waals surface area contributed by atoms with Crippen molar-refractivity contribution < 1.29 is 30.0 Å². The lowest BCUT2D eigenvalue weighted by molar-refractivity contribution is -0.302. The van der Waals surface area contributed by atoms with E-state index in [1.54, 1.807) is 0 Å². The molecule has 0 spiro atoms. The number of carbonyl (C=O) groups excluding carboxylic acids is 1. The summed E-state index contributed by atoms with van der Waals surface area (Å²) in [6.07, 6.45) is -4.70. The average Bonchev–Trinajstić information content (AvgIpc) is 2.08. The van der Waals surface area contributed by atoms with Crippen LogP contribution in [0.25, 0.3) is 0 Å². The van der Waals surface area contributed by atoms with Crippen LogP contribution < -0.4 is 0 Å². The molecule has 1 rings (SSSR count). The molecule has 1 unspecified atom stereocenters. The van der Waals surface area contributed by atoms with Gasteiger partial charge in [-0.2, -0.15) is 0 Å². The second kappa shape index (κ2) is 3.32. The van der Waals surface area contributed by atoms with Crippen molar-refractivity contribution in [1.29, 1.82) is 0 Å². The predicted molar refractivity (Wildman–Crippen MR) is 39.6 cm³/mol. The van der Waals surface area contributed by atoms with Crippen molar-refractivity contribution in [3.8, 4) is 0 Å². The Morgan fingerprint density at radius 3 is 2.46 bits per heavy atom. The fourth-order valence-electron chi connectivity index (χ4n) is 1.15. The van der Waals surface area contributed by atoms with Crippen molar-refractivity contribution in [3.05, 3.63) is 0 Å². The maximum Gasteiger partial charge on any atom is 0.255 e. The molecule has 1 fully saturated rings. The highest BCUT2D eigenvalue weighted by Gasteiger charge is 2.51. The van der Waals surface area contributed by atoms with Crippen LogP contribution >= 0.6 is 0 Å². The molecule has 1 heterocycles. The standard InChI is InChI=1S/C7H12O6/c1-3(8)7(12)6(11)5(10)4(9)2-13-7/h4-6,9-12H,2H2,1H3/t4-,5+,6-,7?/m1/s1. The molecule has 0 saturated carbocycles. The van der Waals surface area contributed by atoms with Crippen LogP contribution in [-0.2, 0) is 9.53 Å². The lowest BCUT2D eigenvalue weighted by atomic mass is 9.94. The van der Waals surface area contributed by atoms with Gasteiger partial charge < -0.3 is 25.2 Å². The van der Waals surface area contributed by atoms with E-state index in [0.717, 1.165) is 6.92 Å². The largest absolute Gasteiger partial charge is 0.388 e. The summed E-state index contributed by atoms with van der Waals surface area (Å²) in [4.78, 5) is 10.9. The Bertz CT molecular complexity index is 217. The fraction of sp³-hybridized carbons (Fsp3) is 0.857. The van der Waals surface area contributed by atoms with Crippen molar-refractivity contribution in [2.24, 2.45) is 0 Å². The molecular weight excluding hydrogens is 180 g/mol. The summed E-state index contributed by atoms with van der Waals surface area (Å²) in [7, 11) is 0. The zero-order valence-electron chi connectivity index (χ0n) is 7.04. The van der Waals surface area contributed by atoms with E-state index in [4.69, 9.17) is 10.2 Å². The van der Waals surface area contributed by atoms with Gasteiger partial charge in [-0.1, -0.05) is 0 Å². The van der Waals surface area contributed by atoms with Gasteiger partial charge in [-0.3, -0.25) is 4.79 Å². The Morgan fingerprint density at radius 2 is 2.00 bits per heavy atom. The molecule has 1 aliphatic heterocycles. The second-order valence-electron chi connectivity index (χ2n) is 3.07. The summed E-state index contributed by atoms with van der Waals surface area (Å²) in [5.74, 6) is -3.22. The summed E-state index contributed by atoms with van der Waals surface area (Å²) in [5, 5.41) is 36.8. The molecule has 0 radical (unpaired) electrons. The van der Waals surface area contributed by atoms with Crippen molar-refractivity contribution in [1.82, 2.24) is 0 Å². The number of aliphatic hydroxyl groups is 4. The van der Waals surface area contributed by atoms with Gasteiger partial charge in [0, 0.05) is 6.92 Å². The number of ketones is 1. The van der Waals surface area contributed by atoms with Gasteiger partial charge in [0.15, 0.2) is 5.78 Å². The number of ether oxygens (including phenoxy) is 1. The van der Waals surface area contributed by atoms with Crippen molar-refractivity contribution in [2.75, 3.05) is 6.61 Å². The average molecular weight is 192 g/mol. The van der Waals surface area contributed by atoms with Gasteiger partial charge in [-0.05, 0) is 0 Å². The van der Waals surface area contributed by atoms with Gasteiger partial charge in [0.05, 0.1) is 6.61 Å². The Hall–Kier alpha value is -0.530. The van der Waals surface area contributed by atoms with Crippen LogP contribution in [0.3, 0.4) is 0 Å².